The summed E-state index contributed by atoms with van der Waals surface area (Å²) < 4.78 is 11.2. The number of methoxy groups -OCH3 is 2. The highest BCUT2D eigenvalue weighted by Crippen LogP contribution is 2.31. The molecule has 7 heteroatoms. The molecule has 0 spiro atoms. The molecule has 126 valence electrons. The normalized spacial score (nSPS) is 10.0. The van der Waals surface area contributed by atoms with Crippen molar-refractivity contribution < 1.29 is 19.1 Å². The Morgan fingerprint density at radius 1 is 0.917 bits per heavy atom. The maximum absolute atomic E-state index is 12.5. The van der Waals surface area contributed by atoms with E-state index in [0.29, 0.717) is 28.4 Å². The molecule has 6 nitrogen and oxygen atoms in total. The van der Waals surface area contributed by atoms with Gasteiger partial charge in [-0.25, -0.2) is 0 Å². The first-order valence-corrected chi connectivity index (χ1v) is 8.13. The molecule has 2 rings (SSSR count). The first-order valence-electron chi connectivity index (χ1n) is 7.05. The maximum Gasteiger partial charge on any atom is 0.256 e. The monoisotopic (exact) mass is 440 g/mol. The summed E-state index contributed by atoms with van der Waals surface area (Å²) in [6, 6.07) is 10.3. The van der Waals surface area contributed by atoms with Gasteiger partial charge in [0, 0.05) is 21.9 Å². The number of amides is 2. The van der Waals surface area contributed by atoms with Crippen molar-refractivity contribution in [3.63, 3.8) is 0 Å². The van der Waals surface area contributed by atoms with Crippen molar-refractivity contribution in [3.8, 4) is 11.5 Å². The van der Waals surface area contributed by atoms with E-state index >= 15 is 0 Å². The lowest BCUT2D eigenvalue weighted by Gasteiger charge is -2.12. The van der Waals surface area contributed by atoms with Crippen molar-refractivity contribution in [2.45, 2.75) is 6.92 Å². The van der Waals surface area contributed by atoms with E-state index in [1.165, 1.54) is 14.0 Å². The van der Waals surface area contributed by atoms with Crippen molar-refractivity contribution in [3.05, 3.63) is 45.5 Å². The third kappa shape index (κ3) is 4.38. The average molecular weight is 440 g/mol. The fourth-order valence-corrected chi connectivity index (χ4v) is 2.75. The van der Waals surface area contributed by atoms with Crippen LogP contribution in [-0.4, -0.2) is 26.0 Å². The van der Waals surface area contributed by atoms with Crippen molar-refractivity contribution in [1.82, 2.24) is 0 Å². The van der Waals surface area contributed by atoms with Crippen LogP contribution in [0.15, 0.2) is 36.4 Å². The van der Waals surface area contributed by atoms with Crippen LogP contribution in [0.5, 0.6) is 11.5 Å². The summed E-state index contributed by atoms with van der Waals surface area (Å²) >= 11 is 2.07. The van der Waals surface area contributed by atoms with Gasteiger partial charge >= 0.3 is 0 Å². The van der Waals surface area contributed by atoms with Gasteiger partial charge in [-0.1, -0.05) is 0 Å². The Hall–Kier alpha value is -2.29. The van der Waals surface area contributed by atoms with Gasteiger partial charge < -0.3 is 20.1 Å². The molecule has 0 unspecified atom stereocenters. The van der Waals surface area contributed by atoms with Gasteiger partial charge in [0.15, 0.2) is 11.5 Å². The lowest BCUT2D eigenvalue weighted by molar-refractivity contribution is -0.114. The second-order valence-electron chi connectivity index (χ2n) is 4.90. The minimum absolute atomic E-state index is 0.147. The first-order chi connectivity index (χ1) is 11.4. The zero-order valence-corrected chi connectivity index (χ0v) is 15.6. The van der Waals surface area contributed by atoms with Crippen LogP contribution in [0.3, 0.4) is 0 Å². The van der Waals surface area contributed by atoms with Crippen molar-refractivity contribution in [2.75, 3.05) is 24.9 Å². The predicted octanol–water partition coefficient (Wildman–Crippen LogP) is 3.52. The van der Waals surface area contributed by atoms with Crippen LogP contribution in [0, 0.1) is 3.57 Å². The number of benzene rings is 2. The fraction of sp³-hybridized carbons (Fsp3) is 0.176. The number of carbonyl (C=O) groups is 2. The molecule has 0 aliphatic rings. The highest BCUT2D eigenvalue weighted by atomic mass is 127. The summed E-state index contributed by atoms with van der Waals surface area (Å²) in [5.74, 6) is 0.654. The third-order valence-electron chi connectivity index (χ3n) is 3.18. The first kappa shape index (κ1) is 18.1. The summed E-state index contributed by atoms with van der Waals surface area (Å²) in [4.78, 5) is 23.5. The SMILES string of the molecule is COc1cc(I)c(C(=O)Nc2ccc(NC(C)=O)cc2)cc1OC. The second kappa shape index (κ2) is 8.00. The Morgan fingerprint density at radius 3 is 1.92 bits per heavy atom. The smallest absolute Gasteiger partial charge is 0.256 e. The van der Waals surface area contributed by atoms with Crippen LogP contribution in [0.2, 0.25) is 0 Å². The molecule has 24 heavy (non-hydrogen) atoms. The van der Waals surface area contributed by atoms with E-state index in [-0.39, 0.29) is 11.8 Å². The predicted molar refractivity (Wildman–Crippen MR) is 101 cm³/mol. The summed E-state index contributed by atoms with van der Waals surface area (Å²) in [5, 5.41) is 5.49. The number of ether oxygens (including phenoxy) is 2. The van der Waals surface area contributed by atoms with Crippen molar-refractivity contribution >= 4 is 45.8 Å². The molecule has 0 radical (unpaired) electrons. The molecule has 0 heterocycles. The molecule has 0 bridgehead atoms. The molecule has 2 amide bonds. The molecule has 0 fully saturated rings. The largest absolute Gasteiger partial charge is 0.493 e. The molecule has 0 aliphatic heterocycles. The Bertz CT molecular complexity index is 760. The Kier molecular flexibility index (Phi) is 6.02. The van der Waals surface area contributed by atoms with Gasteiger partial charge in [-0.3, -0.25) is 9.59 Å². The number of hydrogen-bond donors (Lipinski definition) is 2. The number of carbonyl (C=O) groups excluding carboxylic acids is 2. The van der Waals surface area contributed by atoms with Crippen molar-refractivity contribution in [2.24, 2.45) is 0 Å². The van der Waals surface area contributed by atoms with Gasteiger partial charge in [0.2, 0.25) is 5.91 Å². The number of rotatable bonds is 5. The molecule has 0 aromatic heterocycles. The molecule has 0 saturated carbocycles. The highest BCUT2D eigenvalue weighted by Gasteiger charge is 2.15. The Labute approximate surface area is 153 Å². The van der Waals surface area contributed by atoms with Crippen LogP contribution in [0.4, 0.5) is 11.4 Å². The van der Waals surface area contributed by atoms with Gasteiger partial charge in [-0.2, -0.15) is 0 Å². The second-order valence-corrected chi connectivity index (χ2v) is 6.06. The highest BCUT2D eigenvalue weighted by molar-refractivity contribution is 14.1. The van der Waals surface area contributed by atoms with E-state index in [1.54, 1.807) is 43.5 Å². The van der Waals surface area contributed by atoms with E-state index in [9.17, 15) is 9.59 Å². The number of nitrogens with one attached hydrogen (secondary N) is 2. The van der Waals surface area contributed by atoms with Gasteiger partial charge in [-0.05, 0) is 59.0 Å². The fourth-order valence-electron chi connectivity index (χ4n) is 2.07. The van der Waals surface area contributed by atoms with Crippen LogP contribution in [-0.2, 0) is 4.79 Å². The standard InChI is InChI=1S/C17H17IN2O4/c1-10(21)19-11-4-6-12(7-5-11)20-17(22)13-8-15(23-2)16(24-3)9-14(13)18/h4-9H,1-3H3,(H,19,21)(H,20,22). The summed E-state index contributed by atoms with van der Waals surface area (Å²) in [7, 11) is 3.07. The van der Waals surface area contributed by atoms with E-state index in [1.807, 2.05) is 0 Å². The van der Waals surface area contributed by atoms with E-state index in [4.69, 9.17) is 9.47 Å². The van der Waals surface area contributed by atoms with Crippen LogP contribution < -0.4 is 20.1 Å². The molecular weight excluding hydrogens is 423 g/mol. The van der Waals surface area contributed by atoms with Gasteiger partial charge in [0.25, 0.3) is 5.91 Å². The van der Waals surface area contributed by atoms with E-state index in [0.717, 1.165) is 3.57 Å². The van der Waals surface area contributed by atoms with E-state index in [2.05, 4.69) is 33.2 Å². The Morgan fingerprint density at radius 2 is 1.42 bits per heavy atom. The average Bonchev–Trinajstić information content (AvgIpc) is 2.55. The van der Waals surface area contributed by atoms with Gasteiger partial charge in [0.05, 0.1) is 19.8 Å². The van der Waals surface area contributed by atoms with Gasteiger partial charge in [0.1, 0.15) is 0 Å². The third-order valence-corrected chi connectivity index (χ3v) is 4.07. The molecular formula is C17H17IN2O4. The van der Waals surface area contributed by atoms with E-state index < -0.39 is 0 Å². The number of anilines is 2. The Balaban J connectivity index is 2.19. The summed E-state index contributed by atoms with van der Waals surface area (Å²) in [5.41, 5.74) is 1.78. The van der Waals surface area contributed by atoms with Crippen LogP contribution >= 0.6 is 22.6 Å². The van der Waals surface area contributed by atoms with Crippen LogP contribution in [0.25, 0.3) is 0 Å². The topological polar surface area (TPSA) is 76.7 Å². The van der Waals surface area contributed by atoms with Crippen LogP contribution in [0.1, 0.15) is 17.3 Å². The molecule has 0 atom stereocenters. The molecule has 0 aliphatic carbocycles. The molecule has 2 aromatic carbocycles. The molecule has 2 N–H and O–H groups in total. The molecule has 0 saturated heterocycles. The quantitative estimate of drug-likeness (QED) is 0.698. The lowest BCUT2D eigenvalue weighted by atomic mass is 10.1. The van der Waals surface area contributed by atoms with Crippen molar-refractivity contribution in [1.29, 1.82) is 0 Å². The maximum atomic E-state index is 12.5. The summed E-state index contributed by atoms with van der Waals surface area (Å²) in [6.07, 6.45) is 0. The molecule has 2 aromatic rings. The summed E-state index contributed by atoms with van der Waals surface area (Å²) in [6.45, 7) is 1.44. The minimum atomic E-state index is -0.257. The zero-order chi connectivity index (χ0) is 17.7. The number of hydrogen-bond acceptors (Lipinski definition) is 4. The number of halogens is 1. The minimum Gasteiger partial charge on any atom is -0.493 e. The lowest BCUT2D eigenvalue weighted by Crippen LogP contribution is -2.14. The van der Waals surface area contributed by atoms with Gasteiger partial charge in [-0.15, -0.1) is 0 Å². The zero-order valence-electron chi connectivity index (χ0n) is 13.5.